The fraction of sp³-hybridized carbons (Fsp3) is 0.600. The highest BCUT2D eigenvalue weighted by Gasteiger charge is 2.32. The fourth-order valence-electron chi connectivity index (χ4n) is 2.87. The van der Waals surface area contributed by atoms with Crippen LogP contribution in [-0.4, -0.2) is 14.0 Å². The molecule has 2 rings (SSSR count). The first-order chi connectivity index (χ1) is 9.36. The Morgan fingerprint density at radius 2 is 1.90 bits per heavy atom. The van der Waals surface area contributed by atoms with Crippen molar-refractivity contribution in [2.75, 3.05) is 0 Å². The van der Waals surface area contributed by atoms with Crippen LogP contribution in [-0.2, 0) is 16.6 Å². The summed E-state index contributed by atoms with van der Waals surface area (Å²) in [5.74, 6) is 0. The Bertz CT molecular complexity index is 576. The molecular formula is C15H24N2O2S. The van der Waals surface area contributed by atoms with Crippen molar-refractivity contribution in [2.45, 2.75) is 62.9 Å². The second kappa shape index (κ2) is 5.84. The second-order valence-electron chi connectivity index (χ2n) is 6.03. The van der Waals surface area contributed by atoms with Crippen molar-refractivity contribution in [3.05, 3.63) is 29.3 Å². The van der Waals surface area contributed by atoms with E-state index >= 15 is 0 Å². The van der Waals surface area contributed by atoms with E-state index in [0.29, 0.717) is 11.4 Å². The molecule has 0 unspecified atom stereocenters. The zero-order chi connectivity index (χ0) is 14.8. The molecule has 1 saturated carbocycles. The Labute approximate surface area is 121 Å². The third kappa shape index (κ3) is 3.40. The van der Waals surface area contributed by atoms with Crippen LogP contribution in [0.15, 0.2) is 23.1 Å². The first-order valence-electron chi connectivity index (χ1n) is 7.20. The molecule has 1 fully saturated rings. The van der Waals surface area contributed by atoms with E-state index in [-0.39, 0.29) is 5.54 Å². The maximum Gasteiger partial charge on any atom is 0.241 e. The Morgan fingerprint density at radius 3 is 2.50 bits per heavy atom. The van der Waals surface area contributed by atoms with Gasteiger partial charge in [-0.25, -0.2) is 13.1 Å². The molecule has 20 heavy (non-hydrogen) atoms. The quantitative estimate of drug-likeness (QED) is 0.896. The molecule has 0 amide bonds. The van der Waals surface area contributed by atoms with Crippen LogP contribution in [0.1, 0.15) is 50.2 Å². The lowest BCUT2D eigenvalue weighted by Crippen LogP contribution is -2.47. The molecule has 0 bridgehead atoms. The summed E-state index contributed by atoms with van der Waals surface area (Å²) in [4.78, 5) is 0.354. The van der Waals surface area contributed by atoms with Crippen molar-refractivity contribution >= 4 is 10.0 Å². The molecule has 1 aromatic rings. The summed E-state index contributed by atoms with van der Waals surface area (Å²) >= 11 is 0. The van der Waals surface area contributed by atoms with E-state index < -0.39 is 10.0 Å². The van der Waals surface area contributed by atoms with Crippen molar-refractivity contribution in [2.24, 2.45) is 5.73 Å². The molecule has 4 nitrogen and oxygen atoms in total. The lowest BCUT2D eigenvalue weighted by atomic mass is 9.84. The molecule has 0 aromatic heterocycles. The van der Waals surface area contributed by atoms with Crippen LogP contribution in [0.5, 0.6) is 0 Å². The van der Waals surface area contributed by atoms with Gasteiger partial charge in [-0.2, -0.15) is 0 Å². The van der Waals surface area contributed by atoms with Crippen molar-refractivity contribution in [3.8, 4) is 0 Å². The molecule has 0 saturated heterocycles. The van der Waals surface area contributed by atoms with Gasteiger partial charge < -0.3 is 5.73 Å². The number of benzene rings is 1. The van der Waals surface area contributed by atoms with Gasteiger partial charge in [-0.05, 0) is 43.9 Å². The Hall–Kier alpha value is -0.910. The SMILES string of the molecule is Cc1ccc(CN)cc1S(=O)(=O)NC1(C)CCCCC1. The average molecular weight is 296 g/mol. The monoisotopic (exact) mass is 296 g/mol. The normalized spacial score (nSPS) is 18.9. The highest BCUT2D eigenvalue weighted by molar-refractivity contribution is 7.89. The number of sulfonamides is 1. The number of nitrogens with two attached hydrogens (primary N) is 1. The molecule has 0 heterocycles. The van der Waals surface area contributed by atoms with E-state index in [4.69, 9.17) is 5.73 Å². The van der Waals surface area contributed by atoms with Crippen LogP contribution in [0, 0.1) is 6.92 Å². The zero-order valence-electron chi connectivity index (χ0n) is 12.3. The highest BCUT2D eigenvalue weighted by atomic mass is 32.2. The highest BCUT2D eigenvalue weighted by Crippen LogP contribution is 2.30. The first kappa shape index (κ1) is 15.5. The van der Waals surface area contributed by atoms with Crippen molar-refractivity contribution < 1.29 is 8.42 Å². The van der Waals surface area contributed by atoms with Gasteiger partial charge in [-0.3, -0.25) is 0 Å². The standard InChI is InChI=1S/C15H24N2O2S/c1-12-6-7-13(11-16)10-14(12)20(18,19)17-15(2)8-4-3-5-9-15/h6-7,10,17H,3-5,8-9,11,16H2,1-2H3. The summed E-state index contributed by atoms with van der Waals surface area (Å²) in [6.45, 7) is 4.17. The summed E-state index contributed by atoms with van der Waals surface area (Å²) in [7, 11) is -3.49. The number of hydrogen-bond acceptors (Lipinski definition) is 3. The molecule has 1 aliphatic carbocycles. The third-order valence-corrected chi connectivity index (χ3v) is 5.90. The maximum absolute atomic E-state index is 12.6. The molecule has 0 radical (unpaired) electrons. The minimum absolute atomic E-state index is 0.317. The van der Waals surface area contributed by atoms with Crippen LogP contribution in [0.25, 0.3) is 0 Å². The molecule has 0 aliphatic heterocycles. The largest absolute Gasteiger partial charge is 0.326 e. The summed E-state index contributed by atoms with van der Waals surface area (Å²) in [6.07, 6.45) is 5.17. The summed E-state index contributed by atoms with van der Waals surface area (Å²) < 4.78 is 28.2. The van der Waals surface area contributed by atoms with Gasteiger partial charge in [0.05, 0.1) is 4.90 Å². The first-order valence-corrected chi connectivity index (χ1v) is 8.68. The van der Waals surface area contributed by atoms with Crippen molar-refractivity contribution in [3.63, 3.8) is 0 Å². The van der Waals surface area contributed by atoms with E-state index in [1.54, 1.807) is 6.07 Å². The van der Waals surface area contributed by atoms with Gasteiger partial charge in [0.15, 0.2) is 0 Å². The molecular weight excluding hydrogens is 272 g/mol. The summed E-state index contributed by atoms with van der Waals surface area (Å²) in [5.41, 5.74) is 6.89. The lowest BCUT2D eigenvalue weighted by molar-refractivity contribution is 0.294. The van der Waals surface area contributed by atoms with Crippen LogP contribution in [0.2, 0.25) is 0 Å². The molecule has 5 heteroatoms. The number of hydrogen-bond donors (Lipinski definition) is 2. The van der Waals surface area contributed by atoms with Crippen molar-refractivity contribution in [1.82, 2.24) is 4.72 Å². The number of nitrogens with one attached hydrogen (secondary N) is 1. The van der Waals surface area contributed by atoms with E-state index in [0.717, 1.165) is 36.8 Å². The molecule has 112 valence electrons. The van der Waals surface area contributed by atoms with Crippen LogP contribution in [0.3, 0.4) is 0 Å². The van der Waals surface area contributed by atoms with Gasteiger partial charge >= 0.3 is 0 Å². The molecule has 1 aliphatic rings. The van der Waals surface area contributed by atoms with Gasteiger partial charge in [0.1, 0.15) is 0 Å². The van der Waals surface area contributed by atoms with Crippen molar-refractivity contribution in [1.29, 1.82) is 0 Å². The lowest BCUT2D eigenvalue weighted by Gasteiger charge is -2.34. The van der Waals surface area contributed by atoms with Crippen LogP contribution >= 0.6 is 0 Å². The maximum atomic E-state index is 12.6. The van der Waals surface area contributed by atoms with Gasteiger partial charge in [-0.1, -0.05) is 31.4 Å². The predicted octanol–water partition coefficient (Wildman–Crippen LogP) is 2.45. The topological polar surface area (TPSA) is 72.2 Å². The molecule has 0 spiro atoms. The zero-order valence-corrected chi connectivity index (χ0v) is 13.1. The summed E-state index contributed by atoms with van der Waals surface area (Å²) in [5, 5.41) is 0. The minimum atomic E-state index is -3.49. The van der Waals surface area contributed by atoms with E-state index in [2.05, 4.69) is 4.72 Å². The fourth-order valence-corrected chi connectivity index (χ4v) is 4.64. The van der Waals surface area contributed by atoms with Gasteiger partial charge in [0.2, 0.25) is 10.0 Å². The van der Waals surface area contributed by atoms with E-state index in [1.807, 2.05) is 26.0 Å². The molecule has 1 aromatic carbocycles. The average Bonchev–Trinajstić information content (AvgIpc) is 2.38. The smallest absolute Gasteiger partial charge is 0.241 e. The Kier molecular flexibility index (Phi) is 4.52. The Morgan fingerprint density at radius 1 is 1.25 bits per heavy atom. The van der Waals surface area contributed by atoms with E-state index in [9.17, 15) is 8.42 Å². The van der Waals surface area contributed by atoms with Crippen LogP contribution in [0.4, 0.5) is 0 Å². The second-order valence-corrected chi connectivity index (χ2v) is 7.68. The molecule has 3 N–H and O–H groups in total. The predicted molar refractivity (Wildman–Crippen MR) is 80.9 cm³/mol. The van der Waals surface area contributed by atoms with Gasteiger partial charge in [0, 0.05) is 12.1 Å². The molecule has 0 atom stereocenters. The van der Waals surface area contributed by atoms with Gasteiger partial charge in [-0.15, -0.1) is 0 Å². The summed E-state index contributed by atoms with van der Waals surface area (Å²) in [6, 6.07) is 5.38. The number of aryl methyl sites for hydroxylation is 1. The minimum Gasteiger partial charge on any atom is -0.326 e. The Balaban J connectivity index is 2.30. The third-order valence-electron chi connectivity index (χ3n) is 4.12. The van der Waals surface area contributed by atoms with Gasteiger partial charge in [0.25, 0.3) is 0 Å². The van der Waals surface area contributed by atoms with E-state index in [1.165, 1.54) is 6.42 Å². The van der Waals surface area contributed by atoms with Crippen LogP contribution < -0.4 is 10.5 Å². The number of rotatable bonds is 4.